The van der Waals surface area contributed by atoms with Gasteiger partial charge < -0.3 is 4.74 Å². The monoisotopic (exact) mass is 175 g/mol. The van der Waals surface area contributed by atoms with Crippen molar-refractivity contribution in [2.24, 2.45) is 0 Å². The summed E-state index contributed by atoms with van der Waals surface area (Å²) in [6.45, 7) is 1.80. The molecule has 0 N–H and O–H groups in total. The van der Waals surface area contributed by atoms with Gasteiger partial charge in [-0.3, -0.25) is 0 Å². The smallest absolute Gasteiger partial charge is 0.338 e. The van der Waals surface area contributed by atoms with Crippen LogP contribution in [-0.4, -0.2) is 13.1 Å². The summed E-state index contributed by atoms with van der Waals surface area (Å²) in [5.41, 5.74) is 1.72. The largest absolute Gasteiger partial charge is 0.465 e. The standard InChI is InChI=1S/C10H9NO2/c1-7-3-4-8(6-11)5-9(7)10(12)13-2/h3-5H,1-2H3. The quantitative estimate of drug-likeness (QED) is 0.610. The van der Waals surface area contributed by atoms with E-state index in [1.54, 1.807) is 19.1 Å². The number of nitrogens with zero attached hydrogens (tertiary/aromatic N) is 1. The van der Waals surface area contributed by atoms with Gasteiger partial charge in [0.05, 0.1) is 24.3 Å². The van der Waals surface area contributed by atoms with Crippen LogP contribution in [0.15, 0.2) is 18.2 Å². The van der Waals surface area contributed by atoms with E-state index in [-0.39, 0.29) is 0 Å². The summed E-state index contributed by atoms with van der Waals surface area (Å²) in [6.07, 6.45) is 0. The lowest BCUT2D eigenvalue weighted by Gasteiger charge is -2.02. The van der Waals surface area contributed by atoms with Gasteiger partial charge in [0.15, 0.2) is 0 Å². The minimum absolute atomic E-state index is 0.408. The van der Waals surface area contributed by atoms with Crippen LogP contribution in [0, 0.1) is 18.3 Å². The second kappa shape index (κ2) is 3.72. The van der Waals surface area contributed by atoms with E-state index in [9.17, 15) is 4.79 Å². The fraction of sp³-hybridized carbons (Fsp3) is 0.200. The molecule has 0 aromatic heterocycles. The van der Waals surface area contributed by atoms with Crippen molar-refractivity contribution in [3.05, 3.63) is 34.9 Å². The van der Waals surface area contributed by atoms with Gasteiger partial charge in [0.1, 0.15) is 0 Å². The first-order valence-corrected chi connectivity index (χ1v) is 3.78. The highest BCUT2D eigenvalue weighted by molar-refractivity contribution is 5.91. The van der Waals surface area contributed by atoms with Crippen LogP contribution >= 0.6 is 0 Å². The molecule has 0 atom stereocenters. The lowest BCUT2D eigenvalue weighted by molar-refractivity contribution is 0.0600. The third kappa shape index (κ3) is 1.85. The summed E-state index contributed by atoms with van der Waals surface area (Å²) in [5, 5.41) is 8.61. The Labute approximate surface area is 76.6 Å². The van der Waals surface area contributed by atoms with Crippen LogP contribution in [0.3, 0.4) is 0 Å². The summed E-state index contributed by atoms with van der Waals surface area (Å²) < 4.78 is 4.57. The Morgan fingerprint density at radius 3 is 2.77 bits per heavy atom. The van der Waals surface area contributed by atoms with Gasteiger partial charge in [-0.1, -0.05) is 6.07 Å². The molecule has 0 spiro atoms. The average Bonchev–Trinajstić information content (AvgIpc) is 2.17. The zero-order chi connectivity index (χ0) is 9.84. The molecule has 0 radical (unpaired) electrons. The van der Waals surface area contributed by atoms with Crippen molar-refractivity contribution in [2.45, 2.75) is 6.92 Å². The Morgan fingerprint density at radius 2 is 2.23 bits per heavy atom. The lowest BCUT2D eigenvalue weighted by Crippen LogP contribution is -2.03. The number of ether oxygens (including phenoxy) is 1. The first-order valence-electron chi connectivity index (χ1n) is 3.78. The number of rotatable bonds is 1. The first-order chi connectivity index (χ1) is 6.19. The van der Waals surface area contributed by atoms with Gasteiger partial charge in [-0.2, -0.15) is 5.26 Å². The maximum Gasteiger partial charge on any atom is 0.338 e. The number of nitriles is 1. The molecule has 0 fully saturated rings. The van der Waals surface area contributed by atoms with Crippen molar-refractivity contribution in [2.75, 3.05) is 7.11 Å². The predicted molar refractivity (Wildman–Crippen MR) is 47.2 cm³/mol. The molecule has 3 heteroatoms. The van der Waals surface area contributed by atoms with Gasteiger partial charge in [-0.15, -0.1) is 0 Å². The third-order valence-electron chi connectivity index (χ3n) is 1.77. The number of carbonyl (C=O) groups excluding carboxylic acids is 1. The molecule has 0 unspecified atom stereocenters. The number of benzene rings is 1. The second-order valence-corrected chi connectivity index (χ2v) is 2.63. The van der Waals surface area contributed by atoms with E-state index in [1.807, 2.05) is 6.07 Å². The Balaban J connectivity index is 3.20. The van der Waals surface area contributed by atoms with Crippen LogP contribution in [0.5, 0.6) is 0 Å². The fourth-order valence-corrected chi connectivity index (χ4v) is 1.02. The highest BCUT2D eigenvalue weighted by atomic mass is 16.5. The maximum atomic E-state index is 11.2. The van der Waals surface area contributed by atoms with Gasteiger partial charge in [-0.05, 0) is 24.6 Å². The molecule has 0 aliphatic heterocycles. The van der Waals surface area contributed by atoms with Gasteiger partial charge in [-0.25, -0.2) is 4.79 Å². The molecule has 0 saturated carbocycles. The molecule has 0 amide bonds. The number of aryl methyl sites for hydroxylation is 1. The molecule has 0 saturated heterocycles. The minimum atomic E-state index is -0.408. The molecule has 0 bridgehead atoms. The Hall–Kier alpha value is -1.82. The van der Waals surface area contributed by atoms with Gasteiger partial charge in [0, 0.05) is 0 Å². The number of methoxy groups -OCH3 is 1. The number of carbonyl (C=O) groups is 1. The van der Waals surface area contributed by atoms with E-state index in [0.717, 1.165) is 5.56 Å². The minimum Gasteiger partial charge on any atom is -0.465 e. The summed E-state index contributed by atoms with van der Waals surface area (Å²) in [6, 6.07) is 6.89. The fourth-order valence-electron chi connectivity index (χ4n) is 1.02. The predicted octanol–water partition coefficient (Wildman–Crippen LogP) is 1.65. The van der Waals surface area contributed by atoms with E-state index >= 15 is 0 Å². The van der Waals surface area contributed by atoms with Crippen LogP contribution in [0.25, 0.3) is 0 Å². The van der Waals surface area contributed by atoms with Crippen molar-refractivity contribution in [1.82, 2.24) is 0 Å². The van der Waals surface area contributed by atoms with Crippen LogP contribution in [0.1, 0.15) is 21.5 Å². The highest BCUT2D eigenvalue weighted by Gasteiger charge is 2.09. The molecular weight excluding hydrogens is 166 g/mol. The number of hydrogen-bond donors (Lipinski definition) is 0. The maximum absolute atomic E-state index is 11.2. The molecular formula is C10H9NO2. The Kier molecular flexibility index (Phi) is 2.65. The van der Waals surface area contributed by atoms with Crippen molar-refractivity contribution in [3.63, 3.8) is 0 Å². The van der Waals surface area contributed by atoms with Crippen LogP contribution < -0.4 is 0 Å². The Bertz CT molecular complexity index is 377. The molecule has 1 aromatic carbocycles. The van der Waals surface area contributed by atoms with Gasteiger partial charge in [0.2, 0.25) is 0 Å². The van der Waals surface area contributed by atoms with E-state index in [4.69, 9.17) is 5.26 Å². The van der Waals surface area contributed by atoms with Crippen molar-refractivity contribution >= 4 is 5.97 Å². The van der Waals surface area contributed by atoms with Crippen LogP contribution in [0.2, 0.25) is 0 Å². The lowest BCUT2D eigenvalue weighted by atomic mass is 10.1. The normalized spacial score (nSPS) is 9.00. The number of esters is 1. The van der Waals surface area contributed by atoms with E-state index < -0.39 is 5.97 Å². The Morgan fingerprint density at radius 1 is 1.54 bits per heavy atom. The summed E-state index contributed by atoms with van der Waals surface area (Å²) in [5.74, 6) is -0.408. The molecule has 0 heterocycles. The van der Waals surface area contributed by atoms with Gasteiger partial charge in [0.25, 0.3) is 0 Å². The van der Waals surface area contributed by atoms with E-state index in [1.165, 1.54) is 13.2 Å². The summed E-state index contributed by atoms with van der Waals surface area (Å²) >= 11 is 0. The van der Waals surface area contributed by atoms with Crippen molar-refractivity contribution < 1.29 is 9.53 Å². The van der Waals surface area contributed by atoms with E-state index in [2.05, 4.69) is 4.74 Å². The first kappa shape index (κ1) is 9.27. The molecule has 13 heavy (non-hydrogen) atoms. The van der Waals surface area contributed by atoms with Gasteiger partial charge >= 0.3 is 5.97 Å². The summed E-state index contributed by atoms with van der Waals surface area (Å²) in [4.78, 5) is 11.2. The molecule has 0 aliphatic rings. The molecule has 0 aliphatic carbocycles. The number of hydrogen-bond acceptors (Lipinski definition) is 3. The zero-order valence-corrected chi connectivity index (χ0v) is 7.50. The van der Waals surface area contributed by atoms with Crippen LogP contribution in [-0.2, 0) is 4.74 Å². The van der Waals surface area contributed by atoms with E-state index in [0.29, 0.717) is 11.1 Å². The van der Waals surface area contributed by atoms with Crippen molar-refractivity contribution in [1.29, 1.82) is 5.26 Å². The van der Waals surface area contributed by atoms with Crippen molar-refractivity contribution in [3.8, 4) is 6.07 Å². The SMILES string of the molecule is COC(=O)c1cc(C#N)ccc1C. The topological polar surface area (TPSA) is 50.1 Å². The summed E-state index contributed by atoms with van der Waals surface area (Å²) in [7, 11) is 1.32. The molecule has 3 nitrogen and oxygen atoms in total. The average molecular weight is 175 g/mol. The molecule has 1 aromatic rings. The van der Waals surface area contributed by atoms with Crippen LogP contribution in [0.4, 0.5) is 0 Å². The zero-order valence-electron chi connectivity index (χ0n) is 7.50. The molecule has 1 rings (SSSR count). The molecule has 66 valence electrons. The second-order valence-electron chi connectivity index (χ2n) is 2.63. The third-order valence-corrected chi connectivity index (χ3v) is 1.77. The highest BCUT2D eigenvalue weighted by Crippen LogP contribution is 2.11.